The molecule has 0 radical (unpaired) electrons. The van der Waals surface area contributed by atoms with Gasteiger partial charge in [-0.3, -0.25) is 4.79 Å². The summed E-state index contributed by atoms with van der Waals surface area (Å²) in [4.78, 5) is 11.2. The van der Waals surface area contributed by atoms with Crippen LogP contribution in [0.1, 0.15) is 54.4 Å². The van der Waals surface area contributed by atoms with Gasteiger partial charge in [0, 0.05) is 13.3 Å². The molecular formula is C22H32O3. The van der Waals surface area contributed by atoms with E-state index in [1.54, 1.807) is 6.08 Å². The summed E-state index contributed by atoms with van der Waals surface area (Å²) in [5.74, 6) is -0.205. The third-order valence-corrected chi connectivity index (χ3v) is 4.44. The molecule has 1 rings (SSSR count). The summed E-state index contributed by atoms with van der Waals surface area (Å²) in [6.45, 7) is 12.1. The van der Waals surface area contributed by atoms with Gasteiger partial charge in [-0.15, -0.1) is 0 Å². The largest absolute Gasteiger partial charge is 0.462 e. The average Bonchev–Trinajstić information content (AvgIpc) is 2.44. The Balaban J connectivity index is 2.87. The second kappa shape index (κ2) is 9.57. The maximum absolute atomic E-state index is 11.2. The molecule has 0 unspecified atom stereocenters. The Labute approximate surface area is 152 Å². The lowest BCUT2D eigenvalue weighted by Gasteiger charge is -2.37. The highest BCUT2D eigenvalue weighted by Crippen LogP contribution is 2.42. The van der Waals surface area contributed by atoms with Crippen molar-refractivity contribution in [2.24, 2.45) is 5.41 Å². The molecule has 0 aromatic rings. The Kier molecular flexibility index (Phi) is 8.11. The van der Waals surface area contributed by atoms with Crippen LogP contribution < -0.4 is 0 Å². The lowest BCUT2D eigenvalue weighted by Crippen LogP contribution is -2.31. The first-order valence-electron chi connectivity index (χ1n) is 8.84. The second-order valence-corrected chi connectivity index (χ2v) is 7.45. The van der Waals surface area contributed by atoms with E-state index in [-0.39, 0.29) is 24.1 Å². The van der Waals surface area contributed by atoms with Crippen molar-refractivity contribution in [2.75, 3.05) is 6.61 Å². The summed E-state index contributed by atoms with van der Waals surface area (Å²) < 4.78 is 5.43. The van der Waals surface area contributed by atoms with E-state index in [4.69, 9.17) is 9.84 Å². The molecule has 0 saturated heterocycles. The molecule has 0 fully saturated rings. The van der Waals surface area contributed by atoms with Gasteiger partial charge in [-0.25, -0.2) is 0 Å². The van der Waals surface area contributed by atoms with Gasteiger partial charge in [-0.1, -0.05) is 67.0 Å². The zero-order valence-electron chi connectivity index (χ0n) is 16.4. The highest BCUT2D eigenvalue weighted by molar-refractivity contribution is 5.66. The summed E-state index contributed by atoms with van der Waals surface area (Å²) >= 11 is 0. The molecule has 1 N–H and O–H groups in total. The first-order valence-corrected chi connectivity index (χ1v) is 8.84. The number of aliphatic hydroxyl groups excluding tert-OH is 1. The molecule has 0 bridgehead atoms. The van der Waals surface area contributed by atoms with Crippen LogP contribution in [0.25, 0.3) is 0 Å². The Morgan fingerprint density at radius 1 is 1.24 bits per heavy atom. The maximum Gasteiger partial charge on any atom is 0.302 e. The van der Waals surface area contributed by atoms with Gasteiger partial charge in [0.1, 0.15) is 6.10 Å². The van der Waals surface area contributed by atoms with Gasteiger partial charge >= 0.3 is 5.97 Å². The average molecular weight is 344 g/mol. The lowest BCUT2D eigenvalue weighted by molar-refractivity contribution is -0.147. The van der Waals surface area contributed by atoms with Crippen LogP contribution in [0, 0.1) is 5.41 Å². The highest BCUT2D eigenvalue weighted by atomic mass is 16.5. The SMILES string of the molecule is CC(=O)O[C@@H]1CC(C)=C(/C=C/C(C)=C/C=C/C(C)=C/CO)C(C)(C)C1. The molecule has 138 valence electrons. The van der Waals surface area contributed by atoms with Crippen LogP contribution in [-0.2, 0) is 9.53 Å². The molecule has 3 heteroatoms. The number of carbonyl (C=O) groups is 1. The summed E-state index contributed by atoms with van der Waals surface area (Å²) in [6, 6.07) is 0. The first kappa shape index (κ1) is 21.2. The van der Waals surface area contributed by atoms with Crippen molar-refractivity contribution < 1.29 is 14.6 Å². The predicted octanol–water partition coefficient (Wildman–Crippen LogP) is 5.05. The van der Waals surface area contributed by atoms with Crippen molar-refractivity contribution in [3.8, 4) is 0 Å². The number of rotatable bonds is 6. The fourth-order valence-corrected chi connectivity index (χ4v) is 3.30. The minimum atomic E-state index is -0.205. The molecule has 0 aromatic carbocycles. The Hall–Kier alpha value is -1.87. The van der Waals surface area contributed by atoms with Gasteiger partial charge in [0.15, 0.2) is 0 Å². The molecule has 0 saturated carbocycles. The van der Waals surface area contributed by atoms with Crippen molar-refractivity contribution in [1.82, 2.24) is 0 Å². The second-order valence-electron chi connectivity index (χ2n) is 7.45. The van der Waals surface area contributed by atoms with E-state index in [0.29, 0.717) is 0 Å². The molecule has 1 atom stereocenters. The molecule has 0 amide bonds. The minimum Gasteiger partial charge on any atom is -0.462 e. The summed E-state index contributed by atoms with van der Waals surface area (Å²) in [5, 5.41) is 8.84. The molecule has 1 aliphatic rings. The van der Waals surface area contributed by atoms with Gasteiger partial charge in [0.05, 0.1) is 6.61 Å². The molecular weight excluding hydrogens is 312 g/mol. The van der Waals surface area contributed by atoms with E-state index < -0.39 is 0 Å². The number of allylic oxidation sites excluding steroid dienone is 8. The number of aliphatic hydroxyl groups is 1. The lowest BCUT2D eigenvalue weighted by atomic mass is 9.71. The standard InChI is InChI=1S/C22H32O3/c1-16(8-7-9-17(2)12-13-23)10-11-21-18(3)14-20(25-19(4)24)15-22(21,5)6/h7-12,20,23H,13-15H2,1-6H3/b9-7+,11-10+,16-8+,17-12+/t20-/m1/s1. The molecule has 3 nitrogen and oxygen atoms in total. The summed E-state index contributed by atoms with van der Waals surface area (Å²) in [5.41, 5.74) is 4.79. The van der Waals surface area contributed by atoms with Crippen LogP contribution in [0.15, 0.2) is 58.7 Å². The van der Waals surface area contributed by atoms with E-state index in [1.165, 1.54) is 18.1 Å². The van der Waals surface area contributed by atoms with E-state index in [9.17, 15) is 4.79 Å². The van der Waals surface area contributed by atoms with Crippen LogP contribution in [0.5, 0.6) is 0 Å². The molecule has 1 aliphatic carbocycles. The van der Waals surface area contributed by atoms with Crippen molar-refractivity contribution in [2.45, 2.75) is 60.5 Å². The zero-order valence-corrected chi connectivity index (χ0v) is 16.4. The molecule has 25 heavy (non-hydrogen) atoms. The van der Waals surface area contributed by atoms with Gasteiger partial charge < -0.3 is 9.84 Å². The van der Waals surface area contributed by atoms with Crippen LogP contribution >= 0.6 is 0 Å². The molecule has 0 spiro atoms. The van der Waals surface area contributed by atoms with Crippen molar-refractivity contribution in [3.05, 3.63) is 58.7 Å². The van der Waals surface area contributed by atoms with E-state index in [2.05, 4.69) is 45.9 Å². The van der Waals surface area contributed by atoms with Crippen molar-refractivity contribution >= 4 is 5.97 Å². The molecule has 0 aromatic heterocycles. The first-order chi connectivity index (χ1) is 11.7. The van der Waals surface area contributed by atoms with Gasteiger partial charge in [-0.2, -0.15) is 0 Å². The normalized spacial score (nSPS) is 22.1. The van der Waals surface area contributed by atoms with Crippen molar-refractivity contribution in [1.29, 1.82) is 0 Å². The third-order valence-electron chi connectivity index (χ3n) is 4.44. The predicted molar refractivity (Wildman–Crippen MR) is 104 cm³/mol. The monoisotopic (exact) mass is 344 g/mol. The van der Waals surface area contributed by atoms with Gasteiger partial charge in [0.25, 0.3) is 0 Å². The zero-order chi connectivity index (χ0) is 19.0. The Morgan fingerprint density at radius 2 is 1.92 bits per heavy atom. The molecule has 0 heterocycles. The maximum atomic E-state index is 11.2. The van der Waals surface area contributed by atoms with E-state index >= 15 is 0 Å². The number of carbonyl (C=O) groups excluding carboxylic acids is 1. The Bertz CT molecular complexity index is 628. The van der Waals surface area contributed by atoms with Crippen LogP contribution in [0.3, 0.4) is 0 Å². The molecule has 0 aliphatic heterocycles. The van der Waals surface area contributed by atoms with Crippen LogP contribution in [0.2, 0.25) is 0 Å². The number of hydrogen-bond acceptors (Lipinski definition) is 3. The fourth-order valence-electron chi connectivity index (χ4n) is 3.30. The third kappa shape index (κ3) is 7.27. The van der Waals surface area contributed by atoms with E-state index in [1.807, 2.05) is 19.1 Å². The minimum absolute atomic E-state index is 0.0183. The quantitative estimate of drug-likeness (QED) is 0.541. The van der Waals surface area contributed by atoms with Gasteiger partial charge in [0.2, 0.25) is 0 Å². The summed E-state index contributed by atoms with van der Waals surface area (Å²) in [6.07, 6.45) is 13.7. The van der Waals surface area contributed by atoms with E-state index in [0.717, 1.165) is 24.0 Å². The topological polar surface area (TPSA) is 46.5 Å². The summed E-state index contributed by atoms with van der Waals surface area (Å²) in [7, 11) is 0. The number of esters is 1. The Morgan fingerprint density at radius 3 is 2.48 bits per heavy atom. The number of hydrogen-bond donors (Lipinski definition) is 1. The van der Waals surface area contributed by atoms with Gasteiger partial charge in [-0.05, 0) is 38.2 Å². The fraction of sp³-hybridized carbons (Fsp3) is 0.500. The smallest absolute Gasteiger partial charge is 0.302 e. The van der Waals surface area contributed by atoms with Crippen molar-refractivity contribution in [3.63, 3.8) is 0 Å². The van der Waals surface area contributed by atoms with Crippen LogP contribution in [0.4, 0.5) is 0 Å². The highest BCUT2D eigenvalue weighted by Gasteiger charge is 2.33. The van der Waals surface area contributed by atoms with Crippen LogP contribution in [-0.4, -0.2) is 23.8 Å². The number of ether oxygens (including phenoxy) is 1.